The molecule has 0 spiro atoms. The van der Waals surface area contributed by atoms with Gasteiger partial charge in [0.25, 0.3) is 0 Å². The summed E-state index contributed by atoms with van der Waals surface area (Å²) in [5.74, 6) is 1.69. The molecule has 1 nitrogen and oxygen atoms in total. The van der Waals surface area contributed by atoms with E-state index in [1.54, 1.807) is 4.88 Å². The zero-order valence-corrected chi connectivity index (χ0v) is 9.65. The second-order valence-corrected chi connectivity index (χ2v) is 5.51. The molecular formula is C12H19NS. The van der Waals surface area contributed by atoms with Crippen LogP contribution in [0.3, 0.4) is 0 Å². The lowest BCUT2D eigenvalue weighted by Crippen LogP contribution is -2.33. The number of hydrogen-bond acceptors (Lipinski definition) is 2. The van der Waals surface area contributed by atoms with E-state index in [1.165, 1.54) is 30.6 Å². The predicted octanol–water partition coefficient (Wildman–Crippen LogP) is 2.84. The Labute approximate surface area is 90.3 Å². The van der Waals surface area contributed by atoms with Crippen LogP contribution in [-0.2, 0) is 12.8 Å². The first-order chi connectivity index (χ1) is 6.83. The van der Waals surface area contributed by atoms with Crippen molar-refractivity contribution >= 4 is 11.3 Å². The van der Waals surface area contributed by atoms with Gasteiger partial charge in [-0.25, -0.2) is 0 Å². The molecule has 2 unspecified atom stereocenters. The molecular weight excluding hydrogens is 190 g/mol. The van der Waals surface area contributed by atoms with E-state index in [1.807, 2.05) is 11.3 Å². The van der Waals surface area contributed by atoms with Crippen molar-refractivity contribution in [2.45, 2.75) is 32.6 Å². The van der Waals surface area contributed by atoms with Crippen molar-refractivity contribution < 1.29 is 0 Å². The third-order valence-electron chi connectivity index (χ3n) is 3.41. The maximum atomic E-state index is 5.71. The summed E-state index contributed by atoms with van der Waals surface area (Å²) in [4.78, 5) is 3.08. The second kappa shape index (κ2) is 4.45. The summed E-state index contributed by atoms with van der Waals surface area (Å²) >= 11 is 1.98. The van der Waals surface area contributed by atoms with Crippen LogP contribution in [0.5, 0.6) is 0 Å². The first-order valence-corrected chi connectivity index (χ1v) is 6.42. The number of aryl methyl sites for hydroxylation is 1. The molecule has 0 aliphatic heterocycles. The van der Waals surface area contributed by atoms with Gasteiger partial charge in [0.2, 0.25) is 0 Å². The van der Waals surface area contributed by atoms with Crippen LogP contribution in [0.25, 0.3) is 0 Å². The minimum atomic E-state index is 0.808. The van der Waals surface area contributed by atoms with Crippen molar-refractivity contribution in [2.24, 2.45) is 17.6 Å². The van der Waals surface area contributed by atoms with Crippen LogP contribution in [0.15, 0.2) is 12.1 Å². The van der Waals surface area contributed by atoms with Gasteiger partial charge in [0.15, 0.2) is 0 Å². The predicted molar refractivity (Wildman–Crippen MR) is 62.7 cm³/mol. The van der Waals surface area contributed by atoms with Gasteiger partial charge < -0.3 is 5.73 Å². The Bertz CT molecular complexity index is 290. The second-order valence-electron chi connectivity index (χ2n) is 4.26. The van der Waals surface area contributed by atoms with Crippen LogP contribution < -0.4 is 5.73 Å². The van der Waals surface area contributed by atoms with Crippen LogP contribution in [0.1, 0.15) is 29.5 Å². The van der Waals surface area contributed by atoms with Crippen LogP contribution in [-0.4, -0.2) is 6.54 Å². The molecule has 1 heterocycles. The van der Waals surface area contributed by atoms with Crippen molar-refractivity contribution in [2.75, 3.05) is 6.54 Å². The Morgan fingerprint density at radius 2 is 2.00 bits per heavy atom. The molecule has 2 rings (SSSR count). The fourth-order valence-electron chi connectivity index (χ4n) is 2.20. The molecule has 0 bridgehead atoms. The SMILES string of the molecule is CCc1ccc(CC2CCC2CN)s1. The highest BCUT2D eigenvalue weighted by Gasteiger charge is 2.29. The molecule has 2 heteroatoms. The van der Waals surface area contributed by atoms with Crippen LogP contribution in [0.2, 0.25) is 0 Å². The quantitative estimate of drug-likeness (QED) is 0.810. The molecule has 1 aromatic heterocycles. The zero-order chi connectivity index (χ0) is 9.97. The molecule has 0 saturated heterocycles. The largest absolute Gasteiger partial charge is 0.330 e. The maximum absolute atomic E-state index is 5.71. The van der Waals surface area contributed by atoms with Gasteiger partial charge in [-0.2, -0.15) is 0 Å². The Morgan fingerprint density at radius 3 is 2.50 bits per heavy atom. The molecule has 1 saturated carbocycles. The normalized spacial score (nSPS) is 26.1. The van der Waals surface area contributed by atoms with Crippen molar-refractivity contribution in [3.63, 3.8) is 0 Å². The van der Waals surface area contributed by atoms with Gasteiger partial charge in [-0.15, -0.1) is 11.3 Å². The molecule has 1 aliphatic rings. The molecule has 14 heavy (non-hydrogen) atoms. The van der Waals surface area contributed by atoms with E-state index in [0.29, 0.717) is 0 Å². The minimum Gasteiger partial charge on any atom is -0.330 e. The van der Waals surface area contributed by atoms with Gasteiger partial charge in [0.05, 0.1) is 0 Å². The third kappa shape index (κ3) is 2.01. The van der Waals surface area contributed by atoms with Crippen molar-refractivity contribution in [3.05, 3.63) is 21.9 Å². The number of thiophene rings is 1. The molecule has 1 aromatic rings. The topological polar surface area (TPSA) is 26.0 Å². The number of rotatable bonds is 4. The lowest BCUT2D eigenvalue weighted by molar-refractivity contribution is 0.184. The first-order valence-electron chi connectivity index (χ1n) is 5.61. The molecule has 1 aliphatic carbocycles. The summed E-state index contributed by atoms with van der Waals surface area (Å²) in [5, 5.41) is 0. The Balaban J connectivity index is 1.90. The van der Waals surface area contributed by atoms with Crippen molar-refractivity contribution in [1.82, 2.24) is 0 Å². The standard InChI is InChI=1S/C12H19NS/c1-2-11-5-6-12(14-11)7-9-3-4-10(9)8-13/h5-6,9-10H,2-4,7-8,13H2,1H3. The van der Waals surface area contributed by atoms with Crippen LogP contribution >= 0.6 is 11.3 Å². The summed E-state index contributed by atoms with van der Waals surface area (Å²) in [5.41, 5.74) is 5.71. The lowest BCUT2D eigenvalue weighted by Gasteiger charge is -2.35. The van der Waals surface area contributed by atoms with Gasteiger partial charge >= 0.3 is 0 Å². The Kier molecular flexibility index (Phi) is 3.24. The van der Waals surface area contributed by atoms with Crippen molar-refractivity contribution in [1.29, 1.82) is 0 Å². The average molecular weight is 209 g/mol. The van der Waals surface area contributed by atoms with Gasteiger partial charge in [0, 0.05) is 9.75 Å². The Hall–Kier alpha value is -0.340. The molecule has 0 radical (unpaired) electrons. The monoisotopic (exact) mass is 209 g/mol. The fraction of sp³-hybridized carbons (Fsp3) is 0.667. The smallest absolute Gasteiger partial charge is 0.00510 e. The zero-order valence-electron chi connectivity index (χ0n) is 8.83. The Morgan fingerprint density at radius 1 is 1.29 bits per heavy atom. The first kappa shape index (κ1) is 10.2. The van der Waals surface area contributed by atoms with Crippen molar-refractivity contribution in [3.8, 4) is 0 Å². The highest BCUT2D eigenvalue weighted by atomic mass is 32.1. The molecule has 2 N–H and O–H groups in total. The summed E-state index contributed by atoms with van der Waals surface area (Å²) in [6.07, 6.45) is 5.19. The van der Waals surface area contributed by atoms with Gasteiger partial charge in [0.1, 0.15) is 0 Å². The number of nitrogens with two attached hydrogens (primary N) is 1. The molecule has 0 aromatic carbocycles. The van der Waals surface area contributed by atoms with Crippen LogP contribution in [0, 0.1) is 11.8 Å². The number of hydrogen-bond donors (Lipinski definition) is 1. The lowest BCUT2D eigenvalue weighted by atomic mass is 9.72. The van der Waals surface area contributed by atoms with E-state index in [2.05, 4.69) is 19.1 Å². The van der Waals surface area contributed by atoms with Gasteiger partial charge in [-0.05, 0) is 56.2 Å². The van der Waals surface area contributed by atoms with Crippen LogP contribution in [0.4, 0.5) is 0 Å². The summed E-state index contributed by atoms with van der Waals surface area (Å²) < 4.78 is 0. The maximum Gasteiger partial charge on any atom is 0.00510 e. The summed E-state index contributed by atoms with van der Waals surface area (Å²) in [6.45, 7) is 3.11. The highest BCUT2D eigenvalue weighted by Crippen LogP contribution is 2.37. The van der Waals surface area contributed by atoms with E-state index < -0.39 is 0 Å². The highest BCUT2D eigenvalue weighted by molar-refractivity contribution is 7.11. The van der Waals surface area contributed by atoms with E-state index in [-0.39, 0.29) is 0 Å². The fourth-order valence-corrected chi connectivity index (χ4v) is 3.25. The molecule has 0 amide bonds. The van der Waals surface area contributed by atoms with Gasteiger partial charge in [-0.1, -0.05) is 6.92 Å². The van der Waals surface area contributed by atoms with E-state index in [9.17, 15) is 0 Å². The molecule has 1 fully saturated rings. The van der Waals surface area contributed by atoms with Gasteiger partial charge in [-0.3, -0.25) is 0 Å². The summed E-state index contributed by atoms with van der Waals surface area (Å²) in [7, 11) is 0. The third-order valence-corrected chi connectivity index (χ3v) is 4.66. The summed E-state index contributed by atoms with van der Waals surface area (Å²) in [6, 6.07) is 4.57. The van der Waals surface area contributed by atoms with E-state index in [4.69, 9.17) is 5.73 Å². The average Bonchev–Trinajstić information content (AvgIpc) is 2.61. The molecule has 78 valence electrons. The van der Waals surface area contributed by atoms with E-state index >= 15 is 0 Å². The van der Waals surface area contributed by atoms with E-state index in [0.717, 1.165) is 18.4 Å². The minimum absolute atomic E-state index is 0.808. The molecule has 2 atom stereocenters.